The molecule has 0 fully saturated rings. The molecule has 1 aliphatic rings. The van der Waals surface area contributed by atoms with Crippen molar-refractivity contribution in [3.63, 3.8) is 0 Å². The Labute approximate surface area is 318 Å². The lowest BCUT2D eigenvalue weighted by Gasteiger charge is -2.33. The van der Waals surface area contributed by atoms with Gasteiger partial charge < -0.3 is 4.90 Å². The van der Waals surface area contributed by atoms with E-state index < -0.39 is 8.07 Å². The summed E-state index contributed by atoms with van der Waals surface area (Å²) in [6.07, 6.45) is 0. The van der Waals surface area contributed by atoms with Crippen LogP contribution in [-0.2, 0) is 0 Å². The summed E-state index contributed by atoms with van der Waals surface area (Å²) in [6, 6.07) is 82.8. The second-order valence-corrected chi connectivity index (χ2v) is 17.7. The largest absolute Gasteiger partial charge is 0.310 e. The van der Waals surface area contributed by atoms with E-state index >= 15 is 0 Å². The molecule has 9 aromatic carbocycles. The molecular weight excluding hydrogens is 667 g/mol. The first-order valence-corrected chi connectivity index (χ1v) is 20.7. The van der Waals surface area contributed by atoms with Crippen LogP contribution in [0.5, 0.6) is 0 Å². The number of nitrogens with zero attached hydrogens (tertiary/aromatic N) is 1. The summed E-state index contributed by atoms with van der Waals surface area (Å²) in [6.45, 7) is 0. The first kappa shape index (κ1) is 31.9. The zero-order valence-electron chi connectivity index (χ0n) is 29.8. The third kappa shape index (κ3) is 5.15. The topological polar surface area (TPSA) is 3.24 Å². The summed E-state index contributed by atoms with van der Waals surface area (Å²) < 4.78 is 0. The van der Waals surface area contributed by atoms with Gasteiger partial charge >= 0.3 is 0 Å². The molecule has 0 saturated heterocycles. The van der Waals surface area contributed by atoms with Gasteiger partial charge in [-0.15, -0.1) is 0 Å². The lowest BCUT2D eigenvalue weighted by Crippen LogP contribution is -2.73. The fraction of sp³-hybridized carbons (Fsp3) is 0. The molecule has 1 heterocycles. The van der Waals surface area contributed by atoms with E-state index in [0.29, 0.717) is 0 Å². The van der Waals surface area contributed by atoms with Crippen LogP contribution in [0.2, 0.25) is 0 Å². The maximum Gasteiger partial charge on any atom is 0.181 e. The van der Waals surface area contributed by atoms with Crippen LogP contribution in [0.3, 0.4) is 0 Å². The predicted octanol–water partition coefficient (Wildman–Crippen LogP) is 11.0. The third-order valence-corrected chi connectivity index (χ3v) is 16.1. The number of benzene rings is 9. The first-order valence-electron chi connectivity index (χ1n) is 18.7. The molecule has 0 spiro atoms. The van der Waals surface area contributed by atoms with Crippen LogP contribution in [0.25, 0.3) is 44.2 Å². The van der Waals surface area contributed by atoms with Crippen molar-refractivity contribution in [2.75, 3.05) is 4.90 Å². The molecule has 254 valence electrons. The fourth-order valence-corrected chi connectivity index (χ4v) is 14.2. The Hall–Kier alpha value is -6.74. The number of hydrogen-bond acceptors (Lipinski definition) is 1. The first-order chi connectivity index (χ1) is 26.8. The molecule has 1 aliphatic heterocycles. The van der Waals surface area contributed by atoms with Gasteiger partial charge in [-0.2, -0.15) is 0 Å². The Morgan fingerprint density at radius 2 is 0.778 bits per heavy atom. The van der Waals surface area contributed by atoms with Gasteiger partial charge in [0.15, 0.2) is 8.07 Å². The highest BCUT2D eigenvalue weighted by Gasteiger charge is 2.50. The van der Waals surface area contributed by atoms with E-state index in [0.717, 1.165) is 11.4 Å². The molecule has 2 heteroatoms. The minimum Gasteiger partial charge on any atom is -0.310 e. The average Bonchev–Trinajstić information content (AvgIpc) is 3.56. The van der Waals surface area contributed by atoms with E-state index in [1.54, 1.807) is 0 Å². The highest BCUT2D eigenvalue weighted by molar-refractivity contribution is 7.23. The smallest absolute Gasteiger partial charge is 0.181 e. The van der Waals surface area contributed by atoms with Crippen molar-refractivity contribution in [2.45, 2.75) is 0 Å². The van der Waals surface area contributed by atoms with Gasteiger partial charge in [-0.05, 0) is 89.7 Å². The number of hydrogen-bond donors (Lipinski definition) is 0. The van der Waals surface area contributed by atoms with E-state index in [-0.39, 0.29) is 0 Å². The number of rotatable bonds is 7. The normalized spacial score (nSPS) is 14.4. The van der Waals surface area contributed by atoms with Crippen LogP contribution in [0, 0.1) is 0 Å². The van der Waals surface area contributed by atoms with Crippen molar-refractivity contribution >= 4 is 56.7 Å². The Balaban J connectivity index is 1.24. The fourth-order valence-electron chi connectivity index (χ4n) is 8.79. The van der Waals surface area contributed by atoms with Gasteiger partial charge in [-0.1, -0.05) is 194 Å². The standard InChI is InChI=1S/C52H37NSi/c1-4-16-38(17-5-1)40-30-34-43(35-31-40)53(44-36-32-41(33-37-44)39-18-6-2-7-19-39)48-26-15-29-51-52(48)47-25-12-13-27-50(47)54(51,45-22-8-3-9-23-45)49-28-14-21-42-20-10-11-24-46(42)49/h1-37H. The maximum absolute atomic E-state index is 2.80. The summed E-state index contributed by atoms with van der Waals surface area (Å²) in [4.78, 5) is 2.47. The maximum atomic E-state index is 2.47. The van der Waals surface area contributed by atoms with Crippen LogP contribution in [0.15, 0.2) is 224 Å². The molecule has 1 nitrogen and oxygen atoms in total. The number of anilines is 3. The van der Waals surface area contributed by atoms with Gasteiger partial charge in [-0.25, -0.2) is 0 Å². The quantitative estimate of drug-likeness (QED) is 0.149. The Kier molecular flexibility index (Phi) is 7.90. The van der Waals surface area contributed by atoms with E-state index in [2.05, 4.69) is 229 Å². The molecule has 0 radical (unpaired) electrons. The molecular formula is C52H37NSi. The summed E-state index contributed by atoms with van der Waals surface area (Å²) in [5.74, 6) is 0. The van der Waals surface area contributed by atoms with Crippen molar-refractivity contribution < 1.29 is 0 Å². The summed E-state index contributed by atoms with van der Waals surface area (Å²) in [5.41, 5.74) is 10.9. The van der Waals surface area contributed by atoms with Crippen LogP contribution in [-0.4, -0.2) is 8.07 Å². The van der Waals surface area contributed by atoms with E-state index in [1.807, 2.05) is 0 Å². The number of fused-ring (bicyclic) bond motifs is 4. The molecule has 9 aromatic rings. The summed E-state index contributed by atoms with van der Waals surface area (Å²) in [7, 11) is -2.80. The molecule has 0 N–H and O–H groups in total. The summed E-state index contributed by atoms with van der Waals surface area (Å²) in [5, 5.41) is 8.30. The molecule has 10 rings (SSSR count). The third-order valence-electron chi connectivity index (χ3n) is 11.2. The molecule has 0 aromatic heterocycles. The second kappa shape index (κ2) is 13.3. The Morgan fingerprint density at radius 1 is 0.315 bits per heavy atom. The van der Waals surface area contributed by atoms with Gasteiger partial charge in [-0.3, -0.25) is 0 Å². The molecule has 0 bridgehead atoms. The molecule has 54 heavy (non-hydrogen) atoms. The second-order valence-electron chi connectivity index (χ2n) is 14.0. The zero-order valence-corrected chi connectivity index (χ0v) is 30.8. The van der Waals surface area contributed by atoms with Crippen molar-refractivity contribution in [3.8, 4) is 33.4 Å². The minimum atomic E-state index is -2.80. The highest BCUT2D eigenvalue weighted by atomic mass is 28.3. The van der Waals surface area contributed by atoms with Crippen LogP contribution < -0.4 is 25.6 Å². The highest BCUT2D eigenvalue weighted by Crippen LogP contribution is 2.44. The van der Waals surface area contributed by atoms with Crippen molar-refractivity contribution in [1.29, 1.82) is 0 Å². The monoisotopic (exact) mass is 703 g/mol. The molecule has 0 saturated carbocycles. The van der Waals surface area contributed by atoms with Crippen molar-refractivity contribution in [3.05, 3.63) is 224 Å². The van der Waals surface area contributed by atoms with Crippen molar-refractivity contribution in [2.24, 2.45) is 0 Å². The predicted molar refractivity (Wildman–Crippen MR) is 232 cm³/mol. The summed E-state index contributed by atoms with van der Waals surface area (Å²) >= 11 is 0. The lowest BCUT2D eigenvalue weighted by molar-refractivity contribution is 1.29. The van der Waals surface area contributed by atoms with Crippen LogP contribution in [0.1, 0.15) is 0 Å². The van der Waals surface area contributed by atoms with Crippen molar-refractivity contribution in [1.82, 2.24) is 0 Å². The molecule has 0 amide bonds. The van der Waals surface area contributed by atoms with Gasteiger partial charge in [0.2, 0.25) is 0 Å². The van der Waals surface area contributed by atoms with E-state index in [9.17, 15) is 0 Å². The Morgan fingerprint density at radius 3 is 1.43 bits per heavy atom. The SMILES string of the molecule is c1ccc(-c2ccc(N(c3ccc(-c4ccccc4)cc3)c3cccc4c3-c3ccccc3[Si]4(c3ccccc3)c3cccc4ccccc34)cc2)cc1. The Bertz CT molecular complexity index is 2650. The van der Waals surface area contributed by atoms with Crippen LogP contribution in [0.4, 0.5) is 17.1 Å². The molecule has 0 aliphatic carbocycles. The van der Waals surface area contributed by atoms with Gasteiger partial charge in [0, 0.05) is 16.9 Å². The van der Waals surface area contributed by atoms with Gasteiger partial charge in [0.1, 0.15) is 0 Å². The van der Waals surface area contributed by atoms with E-state index in [4.69, 9.17) is 0 Å². The van der Waals surface area contributed by atoms with Crippen LogP contribution >= 0.6 is 0 Å². The van der Waals surface area contributed by atoms with Gasteiger partial charge in [0.05, 0.1) is 5.69 Å². The minimum absolute atomic E-state index is 1.12. The zero-order chi connectivity index (χ0) is 35.9. The average molecular weight is 704 g/mol. The lowest BCUT2D eigenvalue weighted by atomic mass is 10.0. The van der Waals surface area contributed by atoms with E-state index in [1.165, 1.54) is 70.6 Å². The van der Waals surface area contributed by atoms with Gasteiger partial charge in [0.25, 0.3) is 0 Å². The molecule has 1 atom stereocenters. The molecule has 1 unspecified atom stereocenters.